The Morgan fingerprint density at radius 3 is 2.39 bits per heavy atom. The average Bonchev–Trinajstić information content (AvgIpc) is 3.01. The van der Waals surface area contributed by atoms with Gasteiger partial charge in [0.25, 0.3) is 11.5 Å². The highest BCUT2D eigenvalue weighted by atomic mass is 32.2. The molecule has 6 nitrogen and oxygen atoms in total. The van der Waals surface area contributed by atoms with E-state index in [2.05, 4.69) is 31.7 Å². The van der Waals surface area contributed by atoms with Crippen LogP contribution in [0.2, 0.25) is 0 Å². The van der Waals surface area contributed by atoms with Crippen molar-refractivity contribution in [2.75, 3.05) is 18.0 Å². The number of hydrogen-bond donors (Lipinski definition) is 0. The summed E-state index contributed by atoms with van der Waals surface area (Å²) in [5.41, 5.74) is 1.33. The lowest BCUT2D eigenvalue weighted by Gasteiger charge is -2.39. The number of amides is 1. The summed E-state index contributed by atoms with van der Waals surface area (Å²) in [6, 6.07) is 2.10. The second kappa shape index (κ2) is 10.4. The van der Waals surface area contributed by atoms with E-state index in [4.69, 9.17) is 12.2 Å². The predicted molar refractivity (Wildman–Crippen MR) is 140 cm³/mol. The molecule has 2 atom stereocenters. The highest BCUT2D eigenvalue weighted by molar-refractivity contribution is 8.26. The molecule has 1 aromatic heterocycles. The Bertz CT molecular complexity index is 1070. The number of carbonyl (C=O) groups excluding carboxylic acids is 1. The zero-order valence-corrected chi connectivity index (χ0v) is 22.1. The summed E-state index contributed by atoms with van der Waals surface area (Å²) < 4.78 is 2.31. The number of anilines is 1. The fourth-order valence-corrected chi connectivity index (χ4v) is 6.41. The van der Waals surface area contributed by atoms with Crippen LogP contribution in [0.1, 0.15) is 70.6 Å². The molecule has 2 aliphatic heterocycles. The van der Waals surface area contributed by atoms with Gasteiger partial charge in [0.2, 0.25) is 0 Å². The maximum atomic E-state index is 13.4. The summed E-state index contributed by atoms with van der Waals surface area (Å²) in [7, 11) is 0. The molecule has 1 aromatic rings. The Morgan fingerprint density at radius 1 is 1.24 bits per heavy atom. The molecule has 178 valence electrons. The average molecular weight is 487 g/mol. The molecular formula is C25H34N4O2S2. The van der Waals surface area contributed by atoms with Crippen molar-refractivity contribution in [2.45, 2.75) is 73.4 Å². The van der Waals surface area contributed by atoms with Crippen LogP contribution in [0.4, 0.5) is 5.82 Å². The smallest absolute Gasteiger partial charge is 0.270 e. The number of carbonyl (C=O) groups is 1. The van der Waals surface area contributed by atoms with Crippen LogP contribution in [0.3, 0.4) is 0 Å². The molecule has 1 amide bonds. The van der Waals surface area contributed by atoms with Crippen LogP contribution in [-0.4, -0.2) is 38.8 Å². The number of thioether (sulfide) groups is 1. The molecule has 0 aliphatic carbocycles. The third-order valence-corrected chi connectivity index (χ3v) is 7.70. The molecular weight excluding hydrogens is 452 g/mol. The zero-order valence-electron chi connectivity index (χ0n) is 20.5. The number of nitrogens with zero attached hydrogens (tertiary/aromatic N) is 4. The topological polar surface area (TPSA) is 69.3 Å². The first kappa shape index (κ1) is 25.5. The summed E-state index contributed by atoms with van der Waals surface area (Å²) in [6.45, 7) is 14.5. The van der Waals surface area contributed by atoms with E-state index in [1.165, 1.54) is 11.8 Å². The number of rotatable bonds is 6. The lowest BCUT2D eigenvalue weighted by atomic mass is 9.91. The Hall–Kier alpha value is -2.11. The molecule has 33 heavy (non-hydrogen) atoms. The fourth-order valence-electron chi connectivity index (χ4n) is 4.90. The van der Waals surface area contributed by atoms with E-state index in [-0.39, 0.29) is 23.1 Å². The van der Waals surface area contributed by atoms with Gasteiger partial charge in [0.1, 0.15) is 21.8 Å². The molecule has 2 unspecified atom stereocenters. The predicted octanol–water partition coefficient (Wildman–Crippen LogP) is 4.92. The molecule has 0 aromatic carbocycles. The summed E-state index contributed by atoms with van der Waals surface area (Å²) in [6.07, 6.45) is 4.79. The van der Waals surface area contributed by atoms with E-state index >= 15 is 0 Å². The minimum atomic E-state index is -0.240. The van der Waals surface area contributed by atoms with Crippen LogP contribution >= 0.6 is 24.0 Å². The van der Waals surface area contributed by atoms with E-state index in [1.54, 1.807) is 9.47 Å². The van der Waals surface area contributed by atoms with Crippen molar-refractivity contribution in [3.63, 3.8) is 0 Å². The maximum Gasteiger partial charge on any atom is 0.270 e. The first-order valence-electron chi connectivity index (χ1n) is 11.8. The van der Waals surface area contributed by atoms with Crippen LogP contribution < -0.4 is 10.5 Å². The standard InChI is InChI=1S/C25H34N4O2S2/c1-7-8-9-28-22(27-13-16(4)10-17(5)14-27)19(18(6)20(12-26)23(28)30)11-21-24(31)29(15(2)3)25(32)33-21/h11,15-17H,7-10,13-14H2,1-6H3. The normalized spacial score (nSPS) is 22.5. The van der Waals surface area contributed by atoms with E-state index in [1.807, 2.05) is 26.8 Å². The second-order valence-electron chi connectivity index (χ2n) is 9.66. The second-order valence-corrected chi connectivity index (χ2v) is 11.3. The van der Waals surface area contributed by atoms with Gasteiger partial charge in [0, 0.05) is 31.2 Å². The van der Waals surface area contributed by atoms with Gasteiger partial charge in [0.05, 0.1) is 4.91 Å². The summed E-state index contributed by atoms with van der Waals surface area (Å²) in [5.74, 6) is 1.70. The third-order valence-electron chi connectivity index (χ3n) is 6.37. The van der Waals surface area contributed by atoms with Gasteiger partial charge in [-0.2, -0.15) is 5.26 Å². The van der Waals surface area contributed by atoms with Crippen molar-refractivity contribution >= 4 is 46.1 Å². The SMILES string of the molecule is CCCCn1c(N2CC(C)CC(C)C2)c(C=C2SC(=S)N(C(C)C)C2=O)c(C)c(C#N)c1=O. The van der Waals surface area contributed by atoms with Gasteiger partial charge in [-0.15, -0.1) is 0 Å². The van der Waals surface area contributed by atoms with Gasteiger partial charge >= 0.3 is 0 Å². The zero-order chi connectivity index (χ0) is 24.4. The van der Waals surface area contributed by atoms with E-state index < -0.39 is 0 Å². The maximum absolute atomic E-state index is 13.4. The van der Waals surface area contributed by atoms with E-state index in [0.717, 1.165) is 43.7 Å². The highest BCUT2D eigenvalue weighted by Gasteiger charge is 2.35. The van der Waals surface area contributed by atoms with Crippen LogP contribution in [0.5, 0.6) is 0 Å². The van der Waals surface area contributed by atoms with Crippen molar-refractivity contribution in [1.29, 1.82) is 5.26 Å². The lowest BCUT2D eigenvalue weighted by molar-refractivity contribution is -0.123. The number of unbranched alkanes of at least 4 members (excludes halogenated alkanes) is 1. The number of nitriles is 1. The number of hydrogen-bond acceptors (Lipinski definition) is 6. The molecule has 0 bridgehead atoms. The van der Waals surface area contributed by atoms with Gasteiger partial charge in [-0.3, -0.25) is 19.1 Å². The molecule has 3 heterocycles. The van der Waals surface area contributed by atoms with E-state index in [9.17, 15) is 14.9 Å². The molecule has 3 rings (SSSR count). The highest BCUT2D eigenvalue weighted by Crippen LogP contribution is 2.38. The van der Waals surface area contributed by atoms with Gasteiger partial charge < -0.3 is 4.90 Å². The number of aromatic nitrogens is 1. The summed E-state index contributed by atoms with van der Waals surface area (Å²) >= 11 is 6.76. The third kappa shape index (κ3) is 5.04. The first-order chi connectivity index (χ1) is 15.6. The Kier molecular flexibility index (Phi) is 8.07. The van der Waals surface area contributed by atoms with Crippen molar-refractivity contribution in [3.8, 4) is 6.07 Å². The number of pyridine rings is 1. The molecule has 2 aliphatic rings. The van der Waals surface area contributed by atoms with Crippen molar-refractivity contribution in [1.82, 2.24) is 9.47 Å². The first-order valence-corrected chi connectivity index (χ1v) is 13.0. The summed E-state index contributed by atoms with van der Waals surface area (Å²) in [5, 5.41) is 9.83. The largest absolute Gasteiger partial charge is 0.357 e. The number of thiocarbonyl (C=S) groups is 1. The Labute approximate surface area is 206 Å². The number of piperidine rings is 1. The van der Waals surface area contributed by atoms with Crippen molar-refractivity contribution in [2.24, 2.45) is 11.8 Å². The van der Waals surface area contributed by atoms with Crippen LogP contribution in [0.25, 0.3) is 6.08 Å². The molecule has 8 heteroatoms. The van der Waals surface area contributed by atoms with Crippen LogP contribution in [0.15, 0.2) is 9.70 Å². The van der Waals surface area contributed by atoms with Gasteiger partial charge in [0.15, 0.2) is 0 Å². The van der Waals surface area contributed by atoms with Gasteiger partial charge in [-0.1, -0.05) is 51.2 Å². The van der Waals surface area contributed by atoms with Gasteiger partial charge in [-0.25, -0.2) is 0 Å². The van der Waals surface area contributed by atoms with Crippen LogP contribution in [0, 0.1) is 30.1 Å². The summed E-state index contributed by atoms with van der Waals surface area (Å²) in [4.78, 5) is 31.0. The molecule has 0 spiro atoms. The lowest BCUT2D eigenvalue weighted by Crippen LogP contribution is -2.43. The molecule has 0 radical (unpaired) electrons. The monoisotopic (exact) mass is 486 g/mol. The fraction of sp³-hybridized carbons (Fsp3) is 0.600. The molecule has 2 saturated heterocycles. The Morgan fingerprint density at radius 2 is 1.88 bits per heavy atom. The molecule has 0 N–H and O–H groups in total. The van der Waals surface area contributed by atoms with Crippen LogP contribution in [-0.2, 0) is 11.3 Å². The minimum Gasteiger partial charge on any atom is -0.357 e. The van der Waals surface area contributed by atoms with E-state index in [0.29, 0.717) is 33.2 Å². The van der Waals surface area contributed by atoms with Crippen molar-refractivity contribution < 1.29 is 4.79 Å². The van der Waals surface area contributed by atoms with Gasteiger partial charge in [-0.05, 0) is 57.1 Å². The molecule has 2 fully saturated rings. The van der Waals surface area contributed by atoms with Crippen molar-refractivity contribution in [3.05, 3.63) is 31.9 Å². The quantitative estimate of drug-likeness (QED) is 0.420. The molecule has 0 saturated carbocycles. The minimum absolute atomic E-state index is 0.0269. The Balaban J connectivity index is 2.28.